The van der Waals surface area contributed by atoms with E-state index in [4.69, 9.17) is 0 Å². The number of likely N-dealkylation sites (tertiary alicyclic amines) is 1. The highest BCUT2D eigenvalue weighted by molar-refractivity contribution is 7.07. The first kappa shape index (κ1) is 9.71. The van der Waals surface area contributed by atoms with Crippen molar-refractivity contribution in [1.29, 1.82) is 0 Å². The fourth-order valence-electron chi connectivity index (χ4n) is 2.12. The van der Waals surface area contributed by atoms with Gasteiger partial charge in [0.2, 0.25) is 5.91 Å². The van der Waals surface area contributed by atoms with E-state index in [0.29, 0.717) is 6.04 Å². The molecule has 0 spiro atoms. The lowest BCUT2D eigenvalue weighted by Crippen LogP contribution is -2.36. The summed E-state index contributed by atoms with van der Waals surface area (Å²) in [5.74, 6) is 0.209. The summed E-state index contributed by atoms with van der Waals surface area (Å²) in [6.45, 7) is 2.60. The molecule has 2 nitrogen and oxygen atoms in total. The molecular weight excluding hydrogens is 194 g/mol. The molecule has 0 unspecified atom stereocenters. The first-order chi connectivity index (χ1) is 6.79. The zero-order valence-electron chi connectivity index (χ0n) is 8.40. The van der Waals surface area contributed by atoms with Crippen molar-refractivity contribution in [3.05, 3.63) is 22.4 Å². The van der Waals surface area contributed by atoms with E-state index < -0.39 is 0 Å². The molecular formula is C11H15NOS. The molecule has 1 atom stereocenters. The number of thiophene rings is 1. The third kappa shape index (κ3) is 1.82. The maximum Gasteiger partial charge on any atom is 0.219 e. The van der Waals surface area contributed by atoms with Crippen molar-refractivity contribution in [2.24, 2.45) is 0 Å². The van der Waals surface area contributed by atoms with E-state index in [1.54, 1.807) is 18.3 Å². The third-order valence-electron chi connectivity index (χ3n) is 2.84. The highest BCUT2D eigenvalue weighted by atomic mass is 32.1. The number of amides is 1. The number of carbonyl (C=O) groups is 1. The summed E-state index contributed by atoms with van der Waals surface area (Å²) in [5, 5.41) is 4.24. The Bertz CT molecular complexity index is 307. The predicted molar refractivity (Wildman–Crippen MR) is 58.3 cm³/mol. The Morgan fingerprint density at radius 2 is 2.43 bits per heavy atom. The van der Waals surface area contributed by atoms with Crippen LogP contribution in [-0.2, 0) is 4.79 Å². The molecule has 14 heavy (non-hydrogen) atoms. The van der Waals surface area contributed by atoms with Gasteiger partial charge in [0.05, 0.1) is 6.04 Å². The largest absolute Gasteiger partial charge is 0.336 e. The minimum absolute atomic E-state index is 0.209. The molecule has 2 rings (SSSR count). The smallest absolute Gasteiger partial charge is 0.219 e. The van der Waals surface area contributed by atoms with Crippen LogP contribution in [0.25, 0.3) is 0 Å². The minimum Gasteiger partial charge on any atom is -0.336 e. The first-order valence-corrected chi connectivity index (χ1v) is 6.02. The van der Waals surface area contributed by atoms with Gasteiger partial charge >= 0.3 is 0 Å². The van der Waals surface area contributed by atoms with Crippen molar-refractivity contribution >= 4 is 17.2 Å². The van der Waals surface area contributed by atoms with Crippen LogP contribution in [0.5, 0.6) is 0 Å². The number of nitrogens with zero attached hydrogens (tertiary/aromatic N) is 1. The van der Waals surface area contributed by atoms with Crippen LogP contribution in [0.4, 0.5) is 0 Å². The normalized spacial score (nSPS) is 22.4. The third-order valence-corrected chi connectivity index (χ3v) is 3.54. The zero-order valence-corrected chi connectivity index (χ0v) is 9.22. The number of piperidine rings is 1. The number of hydrogen-bond acceptors (Lipinski definition) is 2. The van der Waals surface area contributed by atoms with Gasteiger partial charge in [-0.1, -0.05) is 0 Å². The summed E-state index contributed by atoms with van der Waals surface area (Å²) < 4.78 is 0. The molecule has 76 valence electrons. The molecule has 1 aliphatic heterocycles. The van der Waals surface area contributed by atoms with Gasteiger partial charge in [0, 0.05) is 13.5 Å². The van der Waals surface area contributed by atoms with E-state index in [1.165, 1.54) is 12.0 Å². The van der Waals surface area contributed by atoms with Crippen molar-refractivity contribution < 1.29 is 4.79 Å². The molecule has 0 radical (unpaired) electrons. The van der Waals surface area contributed by atoms with Gasteiger partial charge in [-0.2, -0.15) is 11.3 Å². The Morgan fingerprint density at radius 3 is 3.07 bits per heavy atom. The molecule has 0 aromatic carbocycles. The van der Waals surface area contributed by atoms with E-state index in [1.807, 2.05) is 4.90 Å². The fourth-order valence-corrected chi connectivity index (χ4v) is 2.83. The lowest BCUT2D eigenvalue weighted by molar-refractivity contribution is -0.132. The fraction of sp³-hybridized carbons (Fsp3) is 0.545. The Labute approximate surface area is 88.5 Å². The summed E-state index contributed by atoms with van der Waals surface area (Å²) in [5.41, 5.74) is 1.31. The SMILES string of the molecule is CC(=O)N1CCCC[C@H]1c1ccsc1. The van der Waals surface area contributed by atoms with Crippen molar-refractivity contribution in [2.45, 2.75) is 32.2 Å². The van der Waals surface area contributed by atoms with Crippen LogP contribution < -0.4 is 0 Å². The maximum absolute atomic E-state index is 11.4. The average molecular weight is 209 g/mol. The number of carbonyl (C=O) groups excluding carboxylic acids is 1. The van der Waals surface area contributed by atoms with Crippen molar-refractivity contribution in [3.8, 4) is 0 Å². The second-order valence-corrected chi connectivity index (χ2v) is 4.56. The Morgan fingerprint density at radius 1 is 1.57 bits per heavy atom. The monoisotopic (exact) mass is 209 g/mol. The van der Waals surface area contributed by atoms with Crippen molar-refractivity contribution in [1.82, 2.24) is 4.90 Å². The molecule has 0 aliphatic carbocycles. The Hall–Kier alpha value is -0.830. The van der Waals surface area contributed by atoms with Crippen molar-refractivity contribution in [3.63, 3.8) is 0 Å². The first-order valence-electron chi connectivity index (χ1n) is 5.08. The Kier molecular flexibility index (Phi) is 2.87. The topological polar surface area (TPSA) is 20.3 Å². The molecule has 1 aromatic rings. The van der Waals surface area contributed by atoms with E-state index >= 15 is 0 Å². The van der Waals surface area contributed by atoms with E-state index in [0.717, 1.165) is 19.4 Å². The van der Waals surface area contributed by atoms with Gasteiger partial charge in [0.1, 0.15) is 0 Å². The van der Waals surface area contributed by atoms with E-state index in [-0.39, 0.29) is 5.91 Å². The van der Waals surface area contributed by atoms with Crippen LogP contribution in [0, 0.1) is 0 Å². The number of rotatable bonds is 1. The summed E-state index contributed by atoms with van der Waals surface area (Å²) >= 11 is 1.71. The highest BCUT2D eigenvalue weighted by Crippen LogP contribution is 2.31. The summed E-state index contributed by atoms with van der Waals surface area (Å²) in [6, 6.07) is 2.48. The van der Waals surface area contributed by atoms with Crippen LogP contribution in [0.15, 0.2) is 16.8 Å². The van der Waals surface area contributed by atoms with Crippen LogP contribution in [-0.4, -0.2) is 17.4 Å². The van der Waals surface area contributed by atoms with Gasteiger partial charge in [-0.15, -0.1) is 0 Å². The van der Waals surface area contributed by atoms with Gasteiger partial charge in [0.15, 0.2) is 0 Å². The van der Waals surface area contributed by atoms with Gasteiger partial charge in [-0.25, -0.2) is 0 Å². The van der Waals surface area contributed by atoms with Gasteiger partial charge in [-0.3, -0.25) is 4.79 Å². The van der Waals surface area contributed by atoms with Crippen LogP contribution in [0.2, 0.25) is 0 Å². The zero-order chi connectivity index (χ0) is 9.97. The average Bonchev–Trinajstić information content (AvgIpc) is 2.70. The lowest BCUT2D eigenvalue weighted by atomic mass is 9.97. The second kappa shape index (κ2) is 4.13. The highest BCUT2D eigenvalue weighted by Gasteiger charge is 2.25. The molecule has 1 aromatic heterocycles. The lowest BCUT2D eigenvalue weighted by Gasteiger charge is -2.34. The minimum atomic E-state index is 0.209. The van der Waals surface area contributed by atoms with E-state index in [9.17, 15) is 4.79 Å². The van der Waals surface area contributed by atoms with Gasteiger partial charge < -0.3 is 4.90 Å². The van der Waals surface area contributed by atoms with Crippen LogP contribution in [0.1, 0.15) is 37.8 Å². The molecule has 0 bridgehead atoms. The standard InChI is InChI=1S/C11H15NOS/c1-9(13)12-6-3-2-4-11(12)10-5-7-14-8-10/h5,7-8,11H,2-4,6H2,1H3/t11-/m0/s1. The van der Waals surface area contributed by atoms with Gasteiger partial charge in [0.25, 0.3) is 0 Å². The van der Waals surface area contributed by atoms with Crippen molar-refractivity contribution in [2.75, 3.05) is 6.54 Å². The second-order valence-electron chi connectivity index (χ2n) is 3.78. The number of hydrogen-bond donors (Lipinski definition) is 0. The Balaban J connectivity index is 2.18. The molecule has 1 fully saturated rings. The molecule has 3 heteroatoms. The molecule has 1 aliphatic rings. The quantitative estimate of drug-likeness (QED) is 0.696. The molecule has 1 amide bonds. The molecule has 1 saturated heterocycles. The molecule has 0 saturated carbocycles. The maximum atomic E-state index is 11.4. The van der Waals surface area contributed by atoms with Crippen LogP contribution >= 0.6 is 11.3 Å². The van der Waals surface area contributed by atoms with Crippen LogP contribution in [0.3, 0.4) is 0 Å². The molecule has 2 heterocycles. The molecule has 0 N–H and O–H groups in total. The van der Waals surface area contributed by atoms with E-state index in [2.05, 4.69) is 16.8 Å². The van der Waals surface area contributed by atoms with Gasteiger partial charge in [-0.05, 0) is 41.7 Å². The predicted octanol–water partition coefficient (Wildman–Crippen LogP) is 2.82. The summed E-state index contributed by atoms with van der Waals surface area (Å²) in [4.78, 5) is 13.4. The summed E-state index contributed by atoms with van der Waals surface area (Å²) in [6.07, 6.45) is 3.51. The summed E-state index contributed by atoms with van der Waals surface area (Å²) in [7, 11) is 0.